The van der Waals surface area contributed by atoms with Crippen molar-refractivity contribution >= 4 is 10.8 Å². The van der Waals surface area contributed by atoms with E-state index < -0.39 is 0 Å². The Morgan fingerprint density at radius 1 is 1.47 bits per heavy atom. The van der Waals surface area contributed by atoms with Gasteiger partial charge in [-0.05, 0) is 25.6 Å². The third-order valence-corrected chi connectivity index (χ3v) is 2.63. The first kappa shape index (κ1) is 9.86. The number of fused-ring (bicyclic) bond motifs is 1. The number of hydrogen-bond donors (Lipinski definition) is 2. The van der Waals surface area contributed by atoms with Crippen molar-refractivity contribution in [2.45, 2.75) is 13.0 Å². The second-order valence-corrected chi connectivity index (χ2v) is 3.50. The Balaban J connectivity index is 2.77. The van der Waals surface area contributed by atoms with E-state index >= 15 is 0 Å². The fraction of sp³-hybridized carbons (Fsp3) is 0.273. The van der Waals surface area contributed by atoms with E-state index in [0.29, 0.717) is 5.39 Å². The van der Waals surface area contributed by atoms with Gasteiger partial charge in [0.25, 0.3) is 5.56 Å². The minimum Gasteiger partial charge on any atom is -0.328 e. The molecule has 0 saturated heterocycles. The Labute approximate surface area is 87.4 Å². The van der Waals surface area contributed by atoms with Crippen molar-refractivity contribution in [2.24, 2.45) is 0 Å². The number of nitrogens with zero attached hydrogens (tertiary/aromatic N) is 1. The van der Waals surface area contributed by atoms with E-state index in [1.165, 1.54) is 0 Å². The Bertz CT molecular complexity index is 533. The van der Waals surface area contributed by atoms with Crippen LogP contribution in [0.5, 0.6) is 0 Å². The molecule has 78 valence electrons. The van der Waals surface area contributed by atoms with Crippen molar-refractivity contribution < 1.29 is 0 Å². The first-order valence-electron chi connectivity index (χ1n) is 4.86. The first-order valence-corrected chi connectivity index (χ1v) is 4.86. The molecule has 4 nitrogen and oxygen atoms in total. The van der Waals surface area contributed by atoms with Gasteiger partial charge in [0.1, 0.15) is 0 Å². The van der Waals surface area contributed by atoms with E-state index in [2.05, 4.69) is 15.3 Å². The molecule has 2 aromatic heterocycles. The summed E-state index contributed by atoms with van der Waals surface area (Å²) in [4.78, 5) is 18.3. The molecule has 0 spiro atoms. The lowest BCUT2D eigenvalue weighted by Gasteiger charge is -2.12. The minimum absolute atomic E-state index is 0.0700. The van der Waals surface area contributed by atoms with Gasteiger partial charge < -0.3 is 10.3 Å². The molecule has 4 heteroatoms. The summed E-state index contributed by atoms with van der Waals surface area (Å²) in [6.07, 6.45) is 5.10. The summed E-state index contributed by atoms with van der Waals surface area (Å²) in [5.74, 6) is 0. The molecule has 0 amide bonds. The molecule has 0 unspecified atom stereocenters. The van der Waals surface area contributed by atoms with E-state index in [1.807, 2.05) is 14.0 Å². The fourth-order valence-electron chi connectivity index (χ4n) is 1.64. The minimum atomic E-state index is -0.0700. The Hall–Kier alpha value is -1.68. The van der Waals surface area contributed by atoms with Crippen LogP contribution in [0.2, 0.25) is 0 Å². The first-order chi connectivity index (χ1) is 7.24. The molecule has 0 radical (unpaired) electrons. The van der Waals surface area contributed by atoms with Gasteiger partial charge in [-0.3, -0.25) is 9.78 Å². The average molecular weight is 203 g/mol. The van der Waals surface area contributed by atoms with Crippen LogP contribution in [0.4, 0.5) is 0 Å². The Morgan fingerprint density at radius 2 is 2.27 bits per heavy atom. The fourth-order valence-corrected chi connectivity index (χ4v) is 1.64. The standard InChI is InChI=1S/C11H13N3O/c1-7(12-2)9-6-14-11(15)8-3-4-13-5-10(8)9/h3-7,12H,1-2H3,(H,14,15)/t7-/m1/s1. The maximum Gasteiger partial charge on any atom is 0.255 e. The second-order valence-electron chi connectivity index (χ2n) is 3.50. The SMILES string of the molecule is CN[C@H](C)c1c[nH]c(=O)c2ccncc12. The van der Waals surface area contributed by atoms with Crippen molar-refractivity contribution in [3.63, 3.8) is 0 Å². The number of pyridine rings is 2. The zero-order chi connectivity index (χ0) is 10.8. The second kappa shape index (κ2) is 3.82. The van der Waals surface area contributed by atoms with Gasteiger partial charge in [-0.2, -0.15) is 0 Å². The Morgan fingerprint density at radius 3 is 3.00 bits per heavy atom. The third-order valence-electron chi connectivity index (χ3n) is 2.63. The van der Waals surface area contributed by atoms with Crippen LogP contribution in [0.25, 0.3) is 10.8 Å². The highest BCUT2D eigenvalue weighted by molar-refractivity contribution is 5.83. The number of rotatable bonds is 2. The van der Waals surface area contributed by atoms with Crippen LogP contribution in [0.15, 0.2) is 29.5 Å². The van der Waals surface area contributed by atoms with Gasteiger partial charge >= 0.3 is 0 Å². The molecule has 2 rings (SSSR count). The predicted octanol–water partition coefficient (Wildman–Crippen LogP) is 1.20. The topological polar surface area (TPSA) is 57.8 Å². The largest absolute Gasteiger partial charge is 0.328 e. The van der Waals surface area contributed by atoms with Crippen LogP contribution in [0, 0.1) is 0 Å². The van der Waals surface area contributed by atoms with Gasteiger partial charge in [0.15, 0.2) is 0 Å². The molecule has 1 atom stereocenters. The summed E-state index contributed by atoms with van der Waals surface area (Å²) in [7, 11) is 1.89. The predicted molar refractivity (Wildman–Crippen MR) is 59.8 cm³/mol. The van der Waals surface area contributed by atoms with Crippen LogP contribution in [0.3, 0.4) is 0 Å². The van der Waals surface area contributed by atoms with Crippen molar-refractivity contribution in [1.29, 1.82) is 0 Å². The number of H-pyrrole nitrogens is 1. The normalized spacial score (nSPS) is 12.9. The lowest BCUT2D eigenvalue weighted by Crippen LogP contribution is -2.16. The van der Waals surface area contributed by atoms with Crippen LogP contribution in [-0.2, 0) is 0 Å². The highest BCUT2D eigenvalue weighted by Crippen LogP contribution is 2.19. The Kier molecular flexibility index (Phi) is 2.51. The maximum absolute atomic E-state index is 11.5. The summed E-state index contributed by atoms with van der Waals surface area (Å²) in [5.41, 5.74) is 0.986. The van der Waals surface area contributed by atoms with E-state index in [4.69, 9.17) is 0 Å². The van der Waals surface area contributed by atoms with Crippen molar-refractivity contribution in [3.05, 3.63) is 40.6 Å². The molecule has 0 aliphatic rings. The van der Waals surface area contributed by atoms with Crippen LogP contribution < -0.4 is 10.9 Å². The lowest BCUT2D eigenvalue weighted by atomic mass is 10.1. The van der Waals surface area contributed by atoms with Gasteiger partial charge in [-0.1, -0.05) is 0 Å². The molecule has 2 heterocycles. The van der Waals surface area contributed by atoms with E-state index in [0.717, 1.165) is 10.9 Å². The smallest absolute Gasteiger partial charge is 0.255 e. The van der Waals surface area contributed by atoms with E-state index in [9.17, 15) is 4.79 Å². The summed E-state index contributed by atoms with van der Waals surface area (Å²) >= 11 is 0. The summed E-state index contributed by atoms with van der Waals surface area (Å²) < 4.78 is 0. The molecule has 0 aliphatic carbocycles. The molecular formula is C11H13N3O. The molecule has 0 aromatic carbocycles. The molecular weight excluding hydrogens is 190 g/mol. The maximum atomic E-state index is 11.5. The van der Waals surface area contributed by atoms with Crippen molar-refractivity contribution in [2.75, 3.05) is 7.05 Å². The number of hydrogen-bond acceptors (Lipinski definition) is 3. The average Bonchev–Trinajstić information content (AvgIpc) is 2.29. The van der Waals surface area contributed by atoms with Crippen LogP contribution >= 0.6 is 0 Å². The molecule has 0 bridgehead atoms. The van der Waals surface area contributed by atoms with Crippen molar-refractivity contribution in [1.82, 2.24) is 15.3 Å². The van der Waals surface area contributed by atoms with Gasteiger partial charge in [0, 0.05) is 30.0 Å². The number of aromatic amines is 1. The van der Waals surface area contributed by atoms with Crippen LogP contribution in [0.1, 0.15) is 18.5 Å². The highest BCUT2D eigenvalue weighted by Gasteiger charge is 2.09. The highest BCUT2D eigenvalue weighted by atomic mass is 16.1. The monoisotopic (exact) mass is 203 g/mol. The third kappa shape index (κ3) is 1.64. The van der Waals surface area contributed by atoms with E-state index in [1.54, 1.807) is 24.7 Å². The van der Waals surface area contributed by atoms with E-state index in [-0.39, 0.29) is 11.6 Å². The zero-order valence-corrected chi connectivity index (χ0v) is 8.74. The van der Waals surface area contributed by atoms with Gasteiger partial charge in [0.2, 0.25) is 0 Å². The summed E-state index contributed by atoms with van der Waals surface area (Å²) in [6, 6.07) is 1.92. The van der Waals surface area contributed by atoms with Gasteiger partial charge in [-0.15, -0.1) is 0 Å². The van der Waals surface area contributed by atoms with Gasteiger partial charge in [0.05, 0.1) is 5.39 Å². The summed E-state index contributed by atoms with van der Waals surface area (Å²) in [5, 5.41) is 4.73. The van der Waals surface area contributed by atoms with Crippen molar-refractivity contribution in [3.8, 4) is 0 Å². The number of nitrogens with one attached hydrogen (secondary N) is 2. The summed E-state index contributed by atoms with van der Waals surface area (Å²) in [6.45, 7) is 2.04. The zero-order valence-electron chi connectivity index (χ0n) is 8.74. The molecule has 2 N–H and O–H groups in total. The molecule has 2 aromatic rings. The molecule has 0 saturated carbocycles. The van der Waals surface area contributed by atoms with Gasteiger partial charge in [-0.25, -0.2) is 0 Å². The van der Waals surface area contributed by atoms with Crippen LogP contribution in [-0.4, -0.2) is 17.0 Å². The quantitative estimate of drug-likeness (QED) is 0.771. The molecule has 0 aliphatic heterocycles. The number of aromatic nitrogens is 2. The molecule has 15 heavy (non-hydrogen) atoms. The lowest BCUT2D eigenvalue weighted by molar-refractivity contribution is 0.654. The molecule has 0 fully saturated rings.